The molecular formula is C32H40O6P2. The van der Waals surface area contributed by atoms with Crippen LogP contribution in [-0.2, 0) is 9.13 Å². The molecule has 4 aromatic carbocycles. The molecule has 0 spiro atoms. The Morgan fingerprint density at radius 3 is 0.825 bits per heavy atom. The molecule has 40 heavy (non-hydrogen) atoms. The van der Waals surface area contributed by atoms with Gasteiger partial charge < -0.3 is 20.0 Å². The van der Waals surface area contributed by atoms with Gasteiger partial charge in [-0.25, -0.2) is 0 Å². The maximum absolute atomic E-state index is 12.2. The van der Waals surface area contributed by atoms with Crippen LogP contribution >= 0.6 is 14.7 Å². The molecule has 8 heteroatoms. The van der Waals surface area contributed by atoms with Crippen LogP contribution in [0.2, 0.25) is 0 Å². The number of hydrogen-bond acceptors (Lipinski definition) is 4. The zero-order valence-electron chi connectivity index (χ0n) is 23.0. The molecule has 0 aliphatic rings. The highest BCUT2D eigenvalue weighted by molar-refractivity contribution is 7.73. The molecule has 4 rings (SSSR count). The molecule has 0 radical (unpaired) electrons. The number of hydrogen-bond donors (Lipinski definition) is 4. The van der Waals surface area contributed by atoms with Gasteiger partial charge in [0.15, 0.2) is 0 Å². The molecule has 214 valence electrons. The number of aliphatic hydroxyl groups is 2. The molecule has 6 nitrogen and oxygen atoms in total. The summed E-state index contributed by atoms with van der Waals surface area (Å²) in [7, 11) is -6.79. The third-order valence-corrected chi connectivity index (χ3v) is 10.6. The van der Waals surface area contributed by atoms with Crippen molar-refractivity contribution in [2.24, 2.45) is 11.8 Å². The van der Waals surface area contributed by atoms with Gasteiger partial charge in [-0.3, -0.25) is 9.13 Å². The van der Waals surface area contributed by atoms with Crippen molar-refractivity contribution in [1.29, 1.82) is 0 Å². The fourth-order valence-electron chi connectivity index (χ4n) is 4.04. The SMILES string of the molecule is CCC(CO)C(CC)CO.O=P(O)(c1ccccc1)c1ccccc1.O=P(O)(c1ccccc1)c1ccccc1. The minimum absolute atomic E-state index is 0.204. The van der Waals surface area contributed by atoms with Crippen LogP contribution in [0.4, 0.5) is 0 Å². The van der Waals surface area contributed by atoms with Crippen molar-refractivity contribution in [2.45, 2.75) is 26.7 Å². The van der Waals surface area contributed by atoms with Crippen LogP contribution in [0.3, 0.4) is 0 Å². The quantitative estimate of drug-likeness (QED) is 0.210. The zero-order valence-corrected chi connectivity index (χ0v) is 24.8. The predicted molar refractivity (Wildman–Crippen MR) is 166 cm³/mol. The molecule has 0 saturated carbocycles. The zero-order chi connectivity index (χ0) is 29.4. The van der Waals surface area contributed by atoms with Gasteiger partial charge in [-0.15, -0.1) is 0 Å². The summed E-state index contributed by atoms with van der Waals surface area (Å²) in [6.45, 7) is 4.49. The highest BCUT2D eigenvalue weighted by Gasteiger charge is 2.23. The van der Waals surface area contributed by atoms with Crippen molar-refractivity contribution in [3.8, 4) is 0 Å². The van der Waals surface area contributed by atoms with Crippen molar-refractivity contribution in [2.75, 3.05) is 13.2 Å². The lowest BCUT2D eigenvalue weighted by Crippen LogP contribution is -2.20. The van der Waals surface area contributed by atoms with Crippen molar-refractivity contribution in [3.63, 3.8) is 0 Å². The van der Waals surface area contributed by atoms with Crippen LogP contribution < -0.4 is 21.2 Å². The summed E-state index contributed by atoms with van der Waals surface area (Å²) in [4.78, 5) is 20.0. The summed E-state index contributed by atoms with van der Waals surface area (Å²) < 4.78 is 24.3. The average molecular weight is 583 g/mol. The first-order chi connectivity index (χ1) is 19.2. The lowest BCUT2D eigenvalue weighted by atomic mass is 9.89. The van der Waals surface area contributed by atoms with Gasteiger partial charge in [0.05, 0.1) is 0 Å². The normalized spacial score (nSPS) is 12.7. The Morgan fingerprint density at radius 1 is 0.475 bits per heavy atom. The van der Waals surface area contributed by atoms with Crippen LogP contribution in [0.1, 0.15) is 26.7 Å². The van der Waals surface area contributed by atoms with Gasteiger partial charge >= 0.3 is 0 Å². The van der Waals surface area contributed by atoms with Crippen molar-refractivity contribution < 1.29 is 29.1 Å². The highest BCUT2D eigenvalue weighted by Crippen LogP contribution is 2.38. The van der Waals surface area contributed by atoms with Crippen molar-refractivity contribution in [1.82, 2.24) is 0 Å². The summed E-state index contributed by atoms with van der Waals surface area (Å²) in [6.07, 6.45) is 1.91. The Balaban J connectivity index is 0.000000216. The Morgan fingerprint density at radius 2 is 0.675 bits per heavy atom. The molecule has 0 bridgehead atoms. The highest BCUT2D eigenvalue weighted by atomic mass is 31.2. The molecule has 0 aliphatic carbocycles. The first kappa shape index (κ1) is 33.4. The van der Waals surface area contributed by atoms with Crippen LogP contribution in [0.5, 0.6) is 0 Å². The molecule has 0 aromatic heterocycles. The van der Waals surface area contributed by atoms with Gasteiger partial charge in [0.1, 0.15) is 0 Å². The summed E-state index contributed by atoms with van der Waals surface area (Å²) in [5.74, 6) is 0.574. The van der Waals surface area contributed by atoms with E-state index in [0.717, 1.165) is 12.8 Å². The summed E-state index contributed by atoms with van der Waals surface area (Å²) >= 11 is 0. The average Bonchev–Trinajstić information content (AvgIpc) is 3.02. The van der Waals surface area contributed by atoms with E-state index in [1.165, 1.54) is 0 Å². The minimum Gasteiger partial charge on any atom is -0.396 e. The van der Waals surface area contributed by atoms with Gasteiger partial charge in [0.25, 0.3) is 14.7 Å². The monoisotopic (exact) mass is 582 g/mol. The first-order valence-electron chi connectivity index (χ1n) is 13.3. The van der Waals surface area contributed by atoms with E-state index in [4.69, 9.17) is 10.2 Å². The third-order valence-electron chi connectivity index (χ3n) is 6.61. The predicted octanol–water partition coefficient (Wildman–Crippen LogP) is 4.84. The van der Waals surface area contributed by atoms with E-state index in [9.17, 15) is 18.9 Å². The van der Waals surface area contributed by atoms with Crippen LogP contribution in [-0.4, -0.2) is 33.2 Å². The molecular weight excluding hydrogens is 542 g/mol. The van der Waals surface area contributed by atoms with E-state index in [-0.39, 0.29) is 25.0 Å². The van der Waals surface area contributed by atoms with E-state index >= 15 is 0 Å². The molecule has 0 amide bonds. The Labute approximate surface area is 237 Å². The van der Waals surface area contributed by atoms with Gasteiger partial charge in [-0.2, -0.15) is 0 Å². The van der Waals surface area contributed by atoms with Crippen molar-refractivity contribution in [3.05, 3.63) is 121 Å². The van der Waals surface area contributed by atoms with E-state index in [1.54, 1.807) is 97.1 Å². The van der Waals surface area contributed by atoms with Gasteiger partial charge in [0.2, 0.25) is 0 Å². The fraction of sp³-hybridized carbons (Fsp3) is 0.250. The van der Waals surface area contributed by atoms with Gasteiger partial charge in [-0.1, -0.05) is 99.5 Å². The molecule has 0 fully saturated rings. The largest absolute Gasteiger partial charge is 0.396 e. The first-order valence-corrected chi connectivity index (χ1v) is 16.6. The molecule has 0 heterocycles. The van der Waals surface area contributed by atoms with Gasteiger partial charge in [0, 0.05) is 34.4 Å². The molecule has 4 N–H and O–H groups in total. The van der Waals surface area contributed by atoms with E-state index in [1.807, 2.05) is 38.1 Å². The molecule has 0 saturated heterocycles. The van der Waals surface area contributed by atoms with E-state index in [2.05, 4.69) is 0 Å². The second-order valence-corrected chi connectivity index (χ2v) is 13.6. The lowest BCUT2D eigenvalue weighted by molar-refractivity contribution is 0.114. The summed E-state index contributed by atoms with van der Waals surface area (Å²) in [6, 6.07) is 34.8. The third kappa shape index (κ3) is 9.67. The topological polar surface area (TPSA) is 115 Å². The molecule has 4 aromatic rings. The summed E-state index contributed by atoms with van der Waals surface area (Å²) in [5.41, 5.74) is 0. The Hall–Kier alpha value is -2.82. The van der Waals surface area contributed by atoms with E-state index in [0.29, 0.717) is 21.2 Å². The maximum Gasteiger partial charge on any atom is 0.258 e. The van der Waals surface area contributed by atoms with Gasteiger partial charge in [-0.05, 0) is 60.4 Å². The van der Waals surface area contributed by atoms with Crippen LogP contribution in [0, 0.1) is 11.8 Å². The Bertz CT molecular complexity index is 1120. The van der Waals surface area contributed by atoms with Crippen molar-refractivity contribution >= 4 is 36.0 Å². The number of aliphatic hydroxyl groups excluding tert-OH is 2. The van der Waals surface area contributed by atoms with E-state index < -0.39 is 14.7 Å². The molecule has 2 atom stereocenters. The fourth-order valence-corrected chi connectivity index (χ4v) is 6.94. The molecule has 2 unspecified atom stereocenters. The lowest BCUT2D eigenvalue weighted by Gasteiger charge is -2.20. The summed E-state index contributed by atoms with van der Waals surface area (Å²) in [5, 5.41) is 19.6. The Kier molecular flexibility index (Phi) is 14.3. The minimum atomic E-state index is -3.40. The second kappa shape index (κ2) is 17.1. The number of benzene rings is 4. The second-order valence-electron chi connectivity index (χ2n) is 9.20. The smallest absolute Gasteiger partial charge is 0.258 e. The maximum atomic E-state index is 12.2. The van der Waals surface area contributed by atoms with Crippen LogP contribution in [0.15, 0.2) is 121 Å². The van der Waals surface area contributed by atoms with Crippen LogP contribution in [0.25, 0.3) is 0 Å². The molecule has 0 aliphatic heterocycles. The number of rotatable bonds is 9. The standard InChI is InChI=1S/2C12H11O2P.C8H18O2/c2*13-15(14,11-7-3-1-4-8-11)12-9-5-2-6-10-12;1-3-7(5-9)8(4-2)6-10/h2*1-10H,(H,13,14);7-10H,3-6H2,1-2H3.